The van der Waals surface area contributed by atoms with E-state index in [1.807, 2.05) is 0 Å². The predicted molar refractivity (Wildman–Crippen MR) is 43.6 cm³/mol. The van der Waals surface area contributed by atoms with Gasteiger partial charge in [-0.2, -0.15) is 0 Å². The van der Waals surface area contributed by atoms with Gasteiger partial charge in [0.15, 0.2) is 0 Å². The molecule has 0 amide bonds. The quantitative estimate of drug-likeness (QED) is 0.293. The van der Waals surface area contributed by atoms with E-state index in [1.165, 1.54) is 9.76 Å². The molecule has 0 spiro atoms. The van der Waals surface area contributed by atoms with E-state index in [0.717, 1.165) is 0 Å². The van der Waals surface area contributed by atoms with E-state index >= 15 is 0 Å². The minimum absolute atomic E-state index is 0.465. The first-order chi connectivity index (χ1) is 4.43. The second-order valence-electron chi connectivity index (χ2n) is 1.70. The van der Waals surface area contributed by atoms with E-state index in [9.17, 15) is 0 Å². The summed E-state index contributed by atoms with van der Waals surface area (Å²) >= 11 is 0.531. The van der Waals surface area contributed by atoms with Crippen molar-refractivity contribution in [2.24, 2.45) is 0 Å². The van der Waals surface area contributed by atoms with Crippen molar-refractivity contribution in [3.8, 4) is 0 Å². The molecule has 0 nitrogen and oxygen atoms in total. The molecule has 0 aliphatic heterocycles. The molecule has 0 fully saturated rings. The van der Waals surface area contributed by atoms with Crippen LogP contribution in [-0.2, 0) is 0 Å². The summed E-state index contributed by atoms with van der Waals surface area (Å²) in [5, 5.41) is 0. The third-order valence-corrected chi connectivity index (χ3v) is 12.6. The Labute approximate surface area is 70.4 Å². The molecule has 0 heterocycles. The first kappa shape index (κ1) is 7.49. The fourth-order valence-corrected chi connectivity index (χ4v) is 11.9. The molecule has 0 radical (unpaired) electrons. The third-order valence-electron chi connectivity index (χ3n) is 1.02. The summed E-state index contributed by atoms with van der Waals surface area (Å²) in [4.78, 5) is 0. The fraction of sp³-hybridized carbons (Fsp3) is 0. The second-order valence-corrected chi connectivity index (χ2v) is 21.4. The molecule has 0 bridgehead atoms. The van der Waals surface area contributed by atoms with E-state index in [1.54, 1.807) is 3.57 Å². The zero-order valence-corrected chi connectivity index (χ0v) is 11.0. The van der Waals surface area contributed by atoms with E-state index in [0.29, 0.717) is 26.9 Å². The monoisotopic (exact) mass is 265 g/mol. The van der Waals surface area contributed by atoms with Crippen molar-refractivity contribution in [1.82, 2.24) is 0 Å². The van der Waals surface area contributed by atoms with E-state index in [-0.39, 0.29) is 0 Å². The van der Waals surface area contributed by atoms with Gasteiger partial charge < -0.3 is 0 Å². The molecule has 50 valence electrons. The van der Waals surface area contributed by atoms with Gasteiger partial charge in [-0.25, -0.2) is 0 Å². The van der Waals surface area contributed by atoms with Crippen molar-refractivity contribution in [2.45, 2.75) is 0 Å². The fourth-order valence-electron chi connectivity index (χ4n) is 0.658. The molecule has 1 aromatic rings. The number of hydrogen-bond donors (Lipinski definition) is 0. The summed E-state index contributed by atoms with van der Waals surface area (Å²) in [7, 11) is 1.51. The van der Waals surface area contributed by atoms with Gasteiger partial charge in [-0.05, 0) is 0 Å². The molecule has 0 unspecified atom stereocenters. The van der Waals surface area contributed by atoms with Gasteiger partial charge in [-0.3, -0.25) is 0 Å². The van der Waals surface area contributed by atoms with Gasteiger partial charge in [-0.1, -0.05) is 0 Å². The average molecular weight is 265 g/mol. The van der Waals surface area contributed by atoms with Crippen LogP contribution in [0.5, 0.6) is 0 Å². The van der Waals surface area contributed by atoms with E-state index in [2.05, 4.69) is 30.3 Å². The van der Waals surface area contributed by atoms with Crippen molar-refractivity contribution >= 4 is 16.3 Å². The first-order valence-corrected chi connectivity index (χ1v) is 14.9. The Kier molecular flexibility index (Phi) is 3.53. The Morgan fingerprint density at radius 1 is 1.22 bits per heavy atom. The number of hydrogen-bond acceptors (Lipinski definition) is 0. The van der Waals surface area contributed by atoms with Crippen molar-refractivity contribution in [1.29, 1.82) is 0 Å². The van der Waals surface area contributed by atoms with Crippen molar-refractivity contribution in [3.63, 3.8) is 0 Å². The Morgan fingerprint density at radius 2 is 1.89 bits per heavy atom. The number of benzene rings is 1. The molecule has 0 aliphatic rings. The van der Waals surface area contributed by atoms with Gasteiger partial charge >= 0.3 is 70.6 Å². The minimum atomic E-state index is 0.465. The molecule has 0 N–H and O–H groups in total. The van der Waals surface area contributed by atoms with Crippen LogP contribution in [0.15, 0.2) is 30.3 Å². The summed E-state index contributed by atoms with van der Waals surface area (Å²) < 4.78 is 1.65. The maximum absolute atomic E-state index is 2.28. The molecule has 0 saturated heterocycles. The van der Waals surface area contributed by atoms with Gasteiger partial charge in [0.2, 0.25) is 0 Å². The van der Waals surface area contributed by atoms with Crippen LogP contribution in [0.1, 0.15) is 0 Å². The first-order valence-electron chi connectivity index (χ1n) is 3.07. The molecule has 0 atom stereocenters. The van der Waals surface area contributed by atoms with Gasteiger partial charge in [0.1, 0.15) is 0 Å². The number of rotatable bonds is 2. The molecule has 0 saturated carbocycles. The molecule has 0 aliphatic carbocycles. The average Bonchev–Trinajstić information content (AvgIpc) is 1.91. The SMILES string of the molecule is [SiH3][SiH2][I-]c1ccccc1. The van der Waals surface area contributed by atoms with Gasteiger partial charge in [-0.15, -0.1) is 0 Å². The summed E-state index contributed by atoms with van der Waals surface area (Å²) in [5.74, 6) is 0. The Morgan fingerprint density at radius 3 is 2.44 bits per heavy atom. The Hall–Kier alpha value is 0.384. The molecular formula is C6H10ISi2-. The van der Waals surface area contributed by atoms with Crippen LogP contribution >= 0.6 is 0 Å². The molecule has 0 aromatic heterocycles. The summed E-state index contributed by atoms with van der Waals surface area (Å²) in [6, 6.07) is 11.0. The van der Waals surface area contributed by atoms with Crippen molar-refractivity contribution < 1.29 is 20.4 Å². The van der Waals surface area contributed by atoms with Crippen LogP contribution < -0.4 is 20.4 Å². The zero-order chi connectivity index (χ0) is 6.53. The van der Waals surface area contributed by atoms with Crippen LogP contribution in [0, 0.1) is 3.57 Å². The Balaban J connectivity index is 2.61. The van der Waals surface area contributed by atoms with Crippen LogP contribution in [0.2, 0.25) is 0 Å². The van der Waals surface area contributed by atoms with Crippen molar-refractivity contribution in [2.75, 3.05) is 0 Å². The number of halogens is 1. The molecule has 1 rings (SSSR count). The normalized spacial score (nSPS) is 11.6. The van der Waals surface area contributed by atoms with Gasteiger partial charge in [0, 0.05) is 0 Å². The third kappa shape index (κ3) is 2.64. The summed E-state index contributed by atoms with van der Waals surface area (Å²) in [5.41, 5.74) is 0. The zero-order valence-electron chi connectivity index (χ0n) is 5.47. The maximum atomic E-state index is 2.28. The van der Waals surface area contributed by atoms with E-state index < -0.39 is 0 Å². The molecule has 3 heteroatoms. The van der Waals surface area contributed by atoms with Gasteiger partial charge in [0.25, 0.3) is 0 Å². The molecule has 1 aromatic carbocycles. The topological polar surface area (TPSA) is 0 Å². The van der Waals surface area contributed by atoms with Crippen LogP contribution in [0.3, 0.4) is 0 Å². The standard InChI is InChI=1S/C6H10ISi2/c8-9-7-6-4-2-1-3-5-6/h1-5H,9H2,8H3/q-1. The molecular weight excluding hydrogens is 255 g/mol. The van der Waals surface area contributed by atoms with Crippen molar-refractivity contribution in [3.05, 3.63) is 33.9 Å². The summed E-state index contributed by atoms with van der Waals surface area (Å²) in [6.45, 7) is 0.465. The molecule has 9 heavy (non-hydrogen) atoms. The van der Waals surface area contributed by atoms with Crippen LogP contribution in [0.25, 0.3) is 0 Å². The predicted octanol–water partition coefficient (Wildman–Crippen LogP) is -3.69. The van der Waals surface area contributed by atoms with Gasteiger partial charge in [0.05, 0.1) is 0 Å². The Bertz CT molecular complexity index is 164. The van der Waals surface area contributed by atoms with Crippen LogP contribution in [-0.4, -0.2) is 16.3 Å². The van der Waals surface area contributed by atoms with Crippen LogP contribution in [0.4, 0.5) is 0 Å². The second kappa shape index (κ2) is 4.24. The van der Waals surface area contributed by atoms with E-state index in [4.69, 9.17) is 0 Å². The summed E-state index contributed by atoms with van der Waals surface area (Å²) in [6.07, 6.45) is 0.